The molecule has 0 spiro atoms. The highest BCUT2D eigenvalue weighted by Gasteiger charge is 2.13. The fourth-order valence-corrected chi connectivity index (χ4v) is 2.25. The monoisotopic (exact) mass is 278 g/mol. The Morgan fingerprint density at radius 3 is 2.63 bits per heavy atom. The van der Waals surface area contributed by atoms with Gasteiger partial charge in [-0.25, -0.2) is 4.39 Å². The summed E-state index contributed by atoms with van der Waals surface area (Å²) in [5.41, 5.74) is 8.48. The van der Waals surface area contributed by atoms with Gasteiger partial charge in [0.15, 0.2) is 0 Å². The highest BCUT2D eigenvalue weighted by Crippen LogP contribution is 2.27. The van der Waals surface area contributed by atoms with E-state index < -0.39 is 0 Å². The van der Waals surface area contributed by atoms with Crippen LogP contribution in [-0.2, 0) is 0 Å². The number of hydrogen-bond acceptors (Lipinski definition) is 2. The zero-order valence-corrected chi connectivity index (χ0v) is 11.4. The van der Waals surface area contributed by atoms with E-state index in [1.807, 2.05) is 31.2 Å². The van der Waals surface area contributed by atoms with Crippen molar-refractivity contribution in [1.29, 1.82) is 0 Å². The van der Waals surface area contributed by atoms with Crippen molar-refractivity contribution in [3.63, 3.8) is 0 Å². The van der Waals surface area contributed by atoms with Gasteiger partial charge < -0.3 is 11.1 Å². The Bertz CT molecular complexity index is 572. The lowest BCUT2D eigenvalue weighted by Crippen LogP contribution is -2.21. The van der Waals surface area contributed by atoms with Crippen molar-refractivity contribution in [2.24, 2.45) is 5.73 Å². The number of aryl methyl sites for hydroxylation is 1. The Kier molecular flexibility index (Phi) is 4.40. The van der Waals surface area contributed by atoms with Crippen LogP contribution in [0.5, 0.6) is 0 Å². The van der Waals surface area contributed by atoms with Crippen molar-refractivity contribution >= 4 is 17.3 Å². The summed E-state index contributed by atoms with van der Waals surface area (Å²) in [4.78, 5) is 0. The van der Waals surface area contributed by atoms with Crippen LogP contribution in [0.4, 0.5) is 10.1 Å². The van der Waals surface area contributed by atoms with E-state index in [4.69, 9.17) is 17.3 Å². The van der Waals surface area contributed by atoms with Crippen LogP contribution in [0, 0.1) is 12.7 Å². The number of benzene rings is 2. The molecule has 0 heterocycles. The van der Waals surface area contributed by atoms with Crippen LogP contribution in [0.15, 0.2) is 42.5 Å². The molecule has 1 atom stereocenters. The molecule has 0 aromatic heterocycles. The highest BCUT2D eigenvalue weighted by atomic mass is 35.5. The molecule has 0 amide bonds. The largest absolute Gasteiger partial charge is 0.376 e. The number of para-hydroxylation sites is 1. The molecule has 4 heteroatoms. The molecule has 0 aliphatic heterocycles. The minimum atomic E-state index is -0.241. The summed E-state index contributed by atoms with van der Waals surface area (Å²) in [6, 6.07) is 12.1. The van der Waals surface area contributed by atoms with E-state index in [1.165, 1.54) is 12.1 Å². The summed E-state index contributed by atoms with van der Waals surface area (Å²) < 4.78 is 13.1. The number of nitrogens with one attached hydrogen (secondary N) is 1. The summed E-state index contributed by atoms with van der Waals surface area (Å²) in [5, 5.41) is 3.93. The third-order valence-electron chi connectivity index (χ3n) is 3.05. The second kappa shape index (κ2) is 6.04. The first-order valence-electron chi connectivity index (χ1n) is 6.09. The molecule has 0 saturated heterocycles. The Hall–Kier alpha value is -1.58. The second-order valence-electron chi connectivity index (χ2n) is 4.41. The number of rotatable bonds is 4. The minimum Gasteiger partial charge on any atom is -0.376 e. The molecule has 19 heavy (non-hydrogen) atoms. The first-order valence-corrected chi connectivity index (χ1v) is 6.47. The minimum absolute atomic E-state index is 0.0968. The van der Waals surface area contributed by atoms with Crippen molar-refractivity contribution < 1.29 is 4.39 Å². The van der Waals surface area contributed by atoms with Crippen LogP contribution >= 0.6 is 11.6 Å². The van der Waals surface area contributed by atoms with Crippen LogP contribution in [0.25, 0.3) is 0 Å². The third-order valence-corrected chi connectivity index (χ3v) is 3.38. The Morgan fingerprint density at radius 2 is 2.00 bits per heavy atom. The number of nitrogens with two attached hydrogens (primary N) is 1. The average molecular weight is 279 g/mol. The van der Waals surface area contributed by atoms with Gasteiger partial charge in [0.1, 0.15) is 5.82 Å². The Labute approximate surface area is 117 Å². The topological polar surface area (TPSA) is 38.0 Å². The van der Waals surface area contributed by atoms with E-state index in [2.05, 4.69) is 5.32 Å². The molecule has 2 rings (SSSR count). The van der Waals surface area contributed by atoms with Gasteiger partial charge in [0, 0.05) is 6.54 Å². The fourth-order valence-electron chi connectivity index (χ4n) is 2.06. The normalized spacial score (nSPS) is 12.2. The van der Waals surface area contributed by atoms with Gasteiger partial charge in [-0.3, -0.25) is 0 Å². The van der Waals surface area contributed by atoms with E-state index in [-0.39, 0.29) is 11.9 Å². The van der Waals surface area contributed by atoms with Crippen LogP contribution in [-0.4, -0.2) is 6.54 Å². The lowest BCUT2D eigenvalue weighted by molar-refractivity contribution is 0.624. The molecular weight excluding hydrogens is 263 g/mol. The number of hydrogen-bond donors (Lipinski definition) is 2. The van der Waals surface area contributed by atoms with E-state index in [1.54, 1.807) is 6.07 Å². The Balaban J connectivity index is 2.28. The SMILES string of the molecule is Cc1cc(F)ccc1C(CN)Nc1ccccc1Cl. The maximum atomic E-state index is 13.1. The van der Waals surface area contributed by atoms with E-state index >= 15 is 0 Å². The smallest absolute Gasteiger partial charge is 0.123 e. The first-order chi connectivity index (χ1) is 9.11. The zero-order valence-electron chi connectivity index (χ0n) is 10.7. The van der Waals surface area contributed by atoms with Gasteiger partial charge in [0.25, 0.3) is 0 Å². The number of halogens is 2. The van der Waals surface area contributed by atoms with Gasteiger partial charge in [-0.15, -0.1) is 0 Å². The highest BCUT2D eigenvalue weighted by molar-refractivity contribution is 6.33. The molecule has 2 aromatic rings. The fraction of sp³-hybridized carbons (Fsp3) is 0.200. The molecule has 0 saturated carbocycles. The van der Waals surface area contributed by atoms with Gasteiger partial charge in [-0.2, -0.15) is 0 Å². The average Bonchev–Trinajstić information content (AvgIpc) is 2.39. The predicted molar refractivity (Wildman–Crippen MR) is 78.0 cm³/mol. The molecular formula is C15H16ClFN2. The van der Waals surface area contributed by atoms with Crippen molar-refractivity contribution in [3.8, 4) is 0 Å². The Morgan fingerprint density at radius 1 is 1.26 bits per heavy atom. The maximum absolute atomic E-state index is 13.1. The summed E-state index contributed by atoms with van der Waals surface area (Å²) >= 11 is 6.11. The molecule has 2 aromatic carbocycles. The standard InChI is InChI=1S/C15H16ClFN2/c1-10-8-11(17)6-7-12(10)15(9-18)19-14-5-3-2-4-13(14)16/h2-8,15,19H,9,18H2,1H3. The summed E-state index contributed by atoms with van der Waals surface area (Å²) in [6.07, 6.45) is 0. The van der Waals surface area contributed by atoms with Crippen molar-refractivity contribution in [2.75, 3.05) is 11.9 Å². The molecule has 0 radical (unpaired) electrons. The zero-order chi connectivity index (χ0) is 13.8. The van der Waals surface area contributed by atoms with Crippen LogP contribution < -0.4 is 11.1 Å². The van der Waals surface area contributed by atoms with Crippen LogP contribution in [0.1, 0.15) is 17.2 Å². The van der Waals surface area contributed by atoms with Gasteiger partial charge >= 0.3 is 0 Å². The van der Waals surface area contributed by atoms with Crippen LogP contribution in [0.2, 0.25) is 5.02 Å². The molecule has 0 fully saturated rings. The van der Waals surface area contributed by atoms with Crippen molar-refractivity contribution in [2.45, 2.75) is 13.0 Å². The van der Waals surface area contributed by atoms with Gasteiger partial charge in [0.2, 0.25) is 0 Å². The van der Waals surface area contributed by atoms with Crippen molar-refractivity contribution in [1.82, 2.24) is 0 Å². The molecule has 0 aliphatic carbocycles. The van der Waals surface area contributed by atoms with E-state index in [0.29, 0.717) is 11.6 Å². The molecule has 1 unspecified atom stereocenters. The third kappa shape index (κ3) is 3.25. The second-order valence-corrected chi connectivity index (χ2v) is 4.82. The molecule has 100 valence electrons. The van der Waals surface area contributed by atoms with Gasteiger partial charge in [-0.1, -0.05) is 29.8 Å². The lowest BCUT2D eigenvalue weighted by atomic mass is 10.0. The first kappa shape index (κ1) is 13.8. The molecule has 3 N–H and O–H groups in total. The van der Waals surface area contributed by atoms with Crippen LogP contribution in [0.3, 0.4) is 0 Å². The van der Waals surface area contributed by atoms with E-state index in [0.717, 1.165) is 16.8 Å². The maximum Gasteiger partial charge on any atom is 0.123 e. The summed E-state index contributed by atoms with van der Waals surface area (Å²) in [5.74, 6) is -0.241. The van der Waals surface area contributed by atoms with E-state index in [9.17, 15) is 4.39 Å². The summed E-state index contributed by atoms with van der Waals surface area (Å²) in [7, 11) is 0. The van der Waals surface area contributed by atoms with Gasteiger partial charge in [-0.05, 0) is 42.3 Å². The van der Waals surface area contributed by atoms with Gasteiger partial charge in [0.05, 0.1) is 16.8 Å². The molecule has 0 aliphatic rings. The number of anilines is 1. The lowest BCUT2D eigenvalue weighted by Gasteiger charge is -2.21. The molecule has 2 nitrogen and oxygen atoms in total. The van der Waals surface area contributed by atoms with Crippen molar-refractivity contribution in [3.05, 3.63) is 64.4 Å². The predicted octanol–water partition coefficient (Wildman–Crippen LogP) is 3.90. The quantitative estimate of drug-likeness (QED) is 0.890. The molecule has 0 bridgehead atoms. The summed E-state index contributed by atoms with van der Waals surface area (Å²) in [6.45, 7) is 2.27.